The van der Waals surface area contributed by atoms with Crippen LogP contribution in [0.3, 0.4) is 0 Å². The molecule has 0 unspecified atom stereocenters. The van der Waals surface area contributed by atoms with Crippen LogP contribution in [-0.4, -0.2) is 36.2 Å². The summed E-state index contributed by atoms with van der Waals surface area (Å²) in [5, 5.41) is 3.55. The summed E-state index contributed by atoms with van der Waals surface area (Å²) < 4.78 is 5.59. The Hall–Kier alpha value is -0.970. The predicted octanol–water partition coefficient (Wildman–Crippen LogP) is 3.63. The molecule has 1 aliphatic heterocycles. The van der Waals surface area contributed by atoms with Gasteiger partial charge in [-0.25, -0.2) is 4.79 Å². The van der Waals surface area contributed by atoms with Crippen molar-refractivity contribution >= 4 is 34.9 Å². The summed E-state index contributed by atoms with van der Waals surface area (Å²) in [5.74, 6) is 0. The molecule has 2 rings (SSSR count). The van der Waals surface area contributed by atoms with E-state index in [1.54, 1.807) is 23.1 Å². The van der Waals surface area contributed by atoms with Crippen LogP contribution in [0.25, 0.3) is 0 Å². The third-order valence-electron chi connectivity index (χ3n) is 2.90. The van der Waals surface area contributed by atoms with Gasteiger partial charge in [0, 0.05) is 13.1 Å². The molecule has 19 heavy (non-hydrogen) atoms. The van der Waals surface area contributed by atoms with Crippen LogP contribution >= 0.6 is 23.2 Å². The molecular weight excluding hydrogens is 287 g/mol. The lowest BCUT2D eigenvalue weighted by atomic mass is 10.2. The van der Waals surface area contributed by atoms with Gasteiger partial charge in [0.15, 0.2) is 0 Å². The summed E-state index contributed by atoms with van der Waals surface area (Å²) >= 11 is 12.0. The molecule has 2 atom stereocenters. The van der Waals surface area contributed by atoms with Gasteiger partial charge in [0.2, 0.25) is 0 Å². The Bertz CT molecular complexity index is 472. The highest BCUT2D eigenvalue weighted by molar-refractivity contribution is 6.43. The van der Waals surface area contributed by atoms with Crippen LogP contribution in [0.5, 0.6) is 0 Å². The quantitative estimate of drug-likeness (QED) is 0.860. The molecule has 1 N–H and O–H groups in total. The van der Waals surface area contributed by atoms with Gasteiger partial charge >= 0.3 is 6.03 Å². The number of urea groups is 1. The second kappa shape index (κ2) is 5.99. The van der Waals surface area contributed by atoms with Crippen molar-refractivity contribution in [3.8, 4) is 0 Å². The minimum atomic E-state index is -0.189. The molecule has 0 aromatic heterocycles. The minimum Gasteiger partial charge on any atom is -0.372 e. The van der Waals surface area contributed by atoms with Crippen molar-refractivity contribution in [1.29, 1.82) is 0 Å². The van der Waals surface area contributed by atoms with Crippen LogP contribution in [0.15, 0.2) is 18.2 Å². The highest BCUT2D eigenvalue weighted by Crippen LogP contribution is 2.29. The van der Waals surface area contributed by atoms with E-state index >= 15 is 0 Å². The molecule has 1 aliphatic rings. The fraction of sp³-hybridized carbons (Fsp3) is 0.462. The van der Waals surface area contributed by atoms with Gasteiger partial charge in [0.25, 0.3) is 0 Å². The summed E-state index contributed by atoms with van der Waals surface area (Å²) in [6, 6.07) is 4.96. The predicted molar refractivity (Wildman–Crippen MR) is 77.1 cm³/mol. The largest absolute Gasteiger partial charge is 0.372 e. The van der Waals surface area contributed by atoms with Gasteiger partial charge in [-0.2, -0.15) is 0 Å². The second-order valence-electron chi connectivity index (χ2n) is 4.69. The van der Waals surface area contributed by atoms with E-state index in [0.29, 0.717) is 28.8 Å². The van der Waals surface area contributed by atoms with Crippen LogP contribution < -0.4 is 5.32 Å². The summed E-state index contributed by atoms with van der Waals surface area (Å²) in [7, 11) is 0. The Kier molecular flexibility index (Phi) is 4.55. The third kappa shape index (κ3) is 3.53. The maximum absolute atomic E-state index is 12.2. The molecule has 0 aliphatic carbocycles. The first-order chi connectivity index (χ1) is 8.97. The van der Waals surface area contributed by atoms with Crippen molar-refractivity contribution in [3.05, 3.63) is 28.2 Å². The maximum Gasteiger partial charge on any atom is 0.322 e. The molecule has 104 valence electrons. The van der Waals surface area contributed by atoms with Gasteiger partial charge in [-0.15, -0.1) is 0 Å². The van der Waals surface area contributed by atoms with Gasteiger partial charge < -0.3 is 15.0 Å². The van der Waals surface area contributed by atoms with E-state index in [9.17, 15) is 4.79 Å². The number of morpholine rings is 1. The van der Waals surface area contributed by atoms with E-state index in [2.05, 4.69) is 5.32 Å². The van der Waals surface area contributed by atoms with Gasteiger partial charge in [0.05, 0.1) is 27.9 Å². The maximum atomic E-state index is 12.2. The number of carbonyl (C=O) groups excluding carboxylic acids is 1. The number of nitrogens with one attached hydrogen (secondary N) is 1. The number of rotatable bonds is 1. The van der Waals surface area contributed by atoms with Gasteiger partial charge in [0.1, 0.15) is 0 Å². The standard InChI is InChI=1S/C13H16Cl2N2O2/c1-8-6-17(7-9(2)19-8)13(18)16-11-5-3-4-10(14)12(11)15/h3-5,8-9H,6-7H2,1-2H3,(H,16,18)/t8-,9+. The monoisotopic (exact) mass is 302 g/mol. The van der Waals surface area contributed by atoms with Crippen LogP contribution in [0, 0.1) is 0 Å². The van der Waals surface area contributed by atoms with E-state index in [-0.39, 0.29) is 18.2 Å². The summed E-state index contributed by atoms with van der Waals surface area (Å²) in [4.78, 5) is 13.9. The van der Waals surface area contributed by atoms with Gasteiger partial charge in [-0.3, -0.25) is 0 Å². The zero-order valence-electron chi connectivity index (χ0n) is 10.8. The molecule has 4 nitrogen and oxygen atoms in total. The number of halogens is 2. The molecule has 1 aromatic carbocycles. The van der Waals surface area contributed by atoms with Crippen molar-refractivity contribution in [2.75, 3.05) is 18.4 Å². The lowest BCUT2D eigenvalue weighted by molar-refractivity contribution is -0.0530. The first-order valence-electron chi connectivity index (χ1n) is 6.12. The number of anilines is 1. The highest BCUT2D eigenvalue weighted by Gasteiger charge is 2.26. The summed E-state index contributed by atoms with van der Waals surface area (Å²) in [6.45, 7) is 5.02. The molecule has 1 fully saturated rings. The molecule has 1 heterocycles. The number of amides is 2. The van der Waals surface area contributed by atoms with Gasteiger partial charge in [-0.1, -0.05) is 29.3 Å². The fourth-order valence-electron chi connectivity index (χ4n) is 2.14. The topological polar surface area (TPSA) is 41.6 Å². The normalized spacial score (nSPS) is 23.3. The molecule has 6 heteroatoms. The average Bonchev–Trinajstić information content (AvgIpc) is 2.33. The fourth-order valence-corrected chi connectivity index (χ4v) is 2.49. The van der Waals surface area contributed by atoms with E-state index in [0.717, 1.165) is 0 Å². The van der Waals surface area contributed by atoms with Crippen molar-refractivity contribution in [2.24, 2.45) is 0 Å². The van der Waals surface area contributed by atoms with Crippen LogP contribution in [-0.2, 0) is 4.74 Å². The highest BCUT2D eigenvalue weighted by atomic mass is 35.5. The van der Waals surface area contributed by atoms with Crippen molar-refractivity contribution in [1.82, 2.24) is 4.90 Å². The van der Waals surface area contributed by atoms with E-state index in [4.69, 9.17) is 27.9 Å². The Morgan fingerprint density at radius 3 is 2.58 bits per heavy atom. The smallest absolute Gasteiger partial charge is 0.322 e. The molecular formula is C13H16Cl2N2O2. The Morgan fingerprint density at radius 1 is 1.32 bits per heavy atom. The number of benzene rings is 1. The molecule has 0 saturated carbocycles. The van der Waals surface area contributed by atoms with E-state index < -0.39 is 0 Å². The Morgan fingerprint density at radius 2 is 1.95 bits per heavy atom. The number of ether oxygens (including phenoxy) is 1. The van der Waals surface area contributed by atoms with E-state index in [1.165, 1.54) is 0 Å². The van der Waals surface area contributed by atoms with Crippen molar-refractivity contribution in [3.63, 3.8) is 0 Å². The number of hydrogen-bond donors (Lipinski definition) is 1. The first-order valence-corrected chi connectivity index (χ1v) is 6.88. The molecule has 0 radical (unpaired) electrons. The van der Waals surface area contributed by atoms with Crippen LogP contribution in [0.1, 0.15) is 13.8 Å². The van der Waals surface area contributed by atoms with Crippen LogP contribution in [0.2, 0.25) is 10.0 Å². The molecule has 1 aromatic rings. The Labute approximate surface area is 122 Å². The van der Waals surface area contributed by atoms with Crippen molar-refractivity contribution in [2.45, 2.75) is 26.1 Å². The average molecular weight is 303 g/mol. The minimum absolute atomic E-state index is 0.0318. The van der Waals surface area contributed by atoms with Crippen molar-refractivity contribution < 1.29 is 9.53 Å². The molecule has 1 saturated heterocycles. The second-order valence-corrected chi connectivity index (χ2v) is 5.48. The van der Waals surface area contributed by atoms with Crippen LogP contribution in [0.4, 0.5) is 10.5 Å². The lowest BCUT2D eigenvalue weighted by Crippen LogP contribution is -2.49. The first kappa shape index (κ1) is 14.4. The van der Waals surface area contributed by atoms with Gasteiger partial charge in [-0.05, 0) is 26.0 Å². The zero-order valence-corrected chi connectivity index (χ0v) is 12.3. The molecule has 0 bridgehead atoms. The summed E-state index contributed by atoms with van der Waals surface area (Å²) in [6.07, 6.45) is 0.0636. The third-order valence-corrected chi connectivity index (χ3v) is 3.72. The number of nitrogens with zero attached hydrogens (tertiary/aromatic N) is 1. The zero-order chi connectivity index (χ0) is 14.0. The Balaban J connectivity index is 2.06. The number of carbonyl (C=O) groups is 1. The lowest BCUT2D eigenvalue weighted by Gasteiger charge is -2.35. The SMILES string of the molecule is C[C@@H]1CN(C(=O)Nc2cccc(Cl)c2Cl)C[C@H](C)O1. The van der Waals surface area contributed by atoms with E-state index in [1.807, 2.05) is 13.8 Å². The molecule has 2 amide bonds. The number of hydrogen-bond acceptors (Lipinski definition) is 2. The summed E-state index contributed by atoms with van der Waals surface area (Å²) in [5.41, 5.74) is 0.519. The molecule has 0 spiro atoms.